The lowest BCUT2D eigenvalue weighted by molar-refractivity contribution is -0.127. The molecule has 1 aromatic carbocycles. The molecule has 3 fully saturated rings. The summed E-state index contributed by atoms with van der Waals surface area (Å²) in [4.78, 5) is 15.1. The van der Waals surface area contributed by atoms with Gasteiger partial charge in [-0.15, -0.1) is 5.10 Å². The highest BCUT2D eigenvalue weighted by molar-refractivity contribution is 5.93. The number of hydrogen-bond acceptors (Lipinski definition) is 5. The van der Waals surface area contributed by atoms with Gasteiger partial charge in [0.15, 0.2) is 0 Å². The number of aromatic nitrogens is 3. The van der Waals surface area contributed by atoms with Crippen LogP contribution in [0.3, 0.4) is 0 Å². The monoisotopic (exact) mass is 341 g/mol. The first kappa shape index (κ1) is 16.2. The molecule has 0 radical (unpaired) electrons. The van der Waals surface area contributed by atoms with E-state index in [9.17, 15) is 4.79 Å². The molecular formula is C18H23N5O2. The van der Waals surface area contributed by atoms with E-state index in [0.29, 0.717) is 17.7 Å². The van der Waals surface area contributed by atoms with Gasteiger partial charge in [0.05, 0.1) is 25.3 Å². The standard InChI is InChI=1S/C18H23N5O2/c24-12-15-9-23(21-20-15)10-16-8-13-6-7-22(16)11-17(13)18(25)19-14-4-2-1-3-5-14/h1-5,9,13,16-17,24H,6-8,10-12H2,(H,19,25)/t13-,16+,17-/m0/s1. The average molecular weight is 341 g/mol. The van der Waals surface area contributed by atoms with Crippen LogP contribution in [0.2, 0.25) is 0 Å². The molecule has 3 saturated heterocycles. The third kappa shape index (κ3) is 3.43. The van der Waals surface area contributed by atoms with Crippen molar-refractivity contribution in [2.24, 2.45) is 11.8 Å². The lowest BCUT2D eigenvalue weighted by Gasteiger charge is -2.49. The predicted molar refractivity (Wildman–Crippen MR) is 92.6 cm³/mol. The van der Waals surface area contributed by atoms with Gasteiger partial charge in [-0.1, -0.05) is 23.4 Å². The number of piperidine rings is 3. The summed E-state index contributed by atoms with van der Waals surface area (Å²) in [6.07, 6.45) is 3.87. The Morgan fingerprint density at radius 1 is 1.32 bits per heavy atom. The Bertz CT molecular complexity index is 732. The van der Waals surface area contributed by atoms with E-state index in [2.05, 4.69) is 20.5 Å². The molecule has 1 amide bonds. The fraction of sp³-hybridized carbons (Fsp3) is 0.500. The van der Waals surface area contributed by atoms with E-state index in [1.54, 1.807) is 10.9 Å². The van der Waals surface area contributed by atoms with E-state index >= 15 is 0 Å². The molecule has 0 aliphatic carbocycles. The van der Waals surface area contributed by atoms with E-state index in [0.717, 1.165) is 38.2 Å². The van der Waals surface area contributed by atoms with Gasteiger partial charge >= 0.3 is 0 Å². The maximum atomic E-state index is 12.7. The normalized spacial score (nSPS) is 28.0. The maximum Gasteiger partial charge on any atom is 0.229 e. The molecule has 0 spiro atoms. The van der Waals surface area contributed by atoms with Crippen molar-refractivity contribution in [3.8, 4) is 0 Å². The van der Waals surface area contributed by atoms with Crippen LogP contribution in [0.15, 0.2) is 36.5 Å². The van der Waals surface area contributed by atoms with Crippen LogP contribution < -0.4 is 5.32 Å². The second-order valence-corrected chi connectivity index (χ2v) is 6.99. The minimum Gasteiger partial charge on any atom is -0.390 e. The van der Waals surface area contributed by atoms with Crippen molar-refractivity contribution in [2.45, 2.75) is 32.0 Å². The molecule has 1 aromatic heterocycles. The van der Waals surface area contributed by atoms with Gasteiger partial charge in [0.25, 0.3) is 0 Å². The zero-order valence-corrected chi connectivity index (χ0v) is 14.1. The molecule has 2 aromatic rings. The quantitative estimate of drug-likeness (QED) is 0.851. The molecule has 132 valence electrons. The van der Waals surface area contributed by atoms with Gasteiger partial charge in [-0.2, -0.15) is 0 Å². The highest BCUT2D eigenvalue weighted by Crippen LogP contribution is 2.37. The van der Waals surface area contributed by atoms with Gasteiger partial charge in [-0.05, 0) is 37.4 Å². The number of fused-ring (bicyclic) bond motifs is 3. The van der Waals surface area contributed by atoms with Crippen molar-refractivity contribution >= 4 is 11.6 Å². The van der Waals surface area contributed by atoms with Crippen LogP contribution in [0.5, 0.6) is 0 Å². The molecular weight excluding hydrogens is 318 g/mol. The van der Waals surface area contributed by atoms with Crippen LogP contribution in [-0.4, -0.2) is 50.0 Å². The minimum absolute atomic E-state index is 0.0500. The molecule has 1 unspecified atom stereocenters. The van der Waals surface area contributed by atoms with Crippen molar-refractivity contribution in [1.82, 2.24) is 19.9 Å². The van der Waals surface area contributed by atoms with Crippen molar-refractivity contribution < 1.29 is 9.90 Å². The van der Waals surface area contributed by atoms with Gasteiger partial charge in [0, 0.05) is 18.3 Å². The molecule has 3 aliphatic rings. The number of para-hydroxylation sites is 1. The van der Waals surface area contributed by atoms with Crippen LogP contribution in [-0.2, 0) is 17.9 Å². The smallest absolute Gasteiger partial charge is 0.229 e. The molecule has 2 bridgehead atoms. The SMILES string of the molecule is O=C(Nc1ccccc1)[C@H]1CN2CC[C@H]1C[C@@H]2Cn1cc(CO)nn1. The number of nitrogens with zero attached hydrogens (tertiary/aromatic N) is 4. The fourth-order valence-corrected chi connectivity index (χ4v) is 4.10. The van der Waals surface area contributed by atoms with Crippen molar-refractivity contribution in [3.63, 3.8) is 0 Å². The summed E-state index contributed by atoms with van der Waals surface area (Å²) in [5, 5.41) is 20.2. The number of benzene rings is 1. The average Bonchev–Trinajstić information content (AvgIpc) is 3.10. The van der Waals surface area contributed by atoms with Gasteiger partial charge in [-0.3, -0.25) is 14.4 Å². The summed E-state index contributed by atoms with van der Waals surface area (Å²) in [5.74, 6) is 0.594. The molecule has 2 N–H and O–H groups in total. The summed E-state index contributed by atoms with van der Waals surface area (Å²) in [7, 11) is 0. The Morgan fingerprint density at radius 2 is 2.16 bits per heavy atom. The second kappa shape index (κ2) is 6.93. The lowest BCUT2D eigenvalue weighted by atomic mass is 9.75. The predicted octanol–water partition coefficient (Wildman–Crippen LogP) is 1.12. The Morgan fingerprint density at radius 3 is 2.84 bits per heavy atom. The fourth-order valence-electron chi connectivity index (χ4n) is 4.10. The highest BCUT2D eigenvalue weighted by Gasteiger charge is 2.43. The number of aliphatic hydroxyl groups excluding tert-OH is 1. The number of nitrogens with one attached hydrogen (secondary N) is 1. The largest absolute Gasteiger partial charge is 0.390 e. The third-order valence-corrected chi connectivity index (χ3v) is 5.40. The second-order valence-electron chi connectivity index (χ2n) is 6.99. The van der Waals surface area contributed by atoms with Gasteiger partial charge in [0.1, 0.15) is 5.69 Å². The van der Waals surface area contributed by atoms with Gasteiger partial charge < -0.3 is 10.4 Å². The number of anilines is 1. The first-order valence-corrected chi connectivity index (χ1v) is 8.83. The number of carbonyl (C=O) groups excluding carboxylic acids is 1. The summed E-state index contributed by atoms with van der Waals surface area (Å²) < 4.78 is 1.80. The number of aliphatic hydroxyl groups is 1. The van der Waals surface area contributed by atoms with Gasteiger partial charge in [0.2, 0.25) is 5.91 Å². The zero-order valence-electron chi connectivity index (χ0n) is 14.1. The maximum absolute atomic E-state index is 12.7. The topological polar surface area (TPSA) is 83.3 Å². The van der Waals surface area contributed by atoms with E-state index < -0.39 is 0 Å². The first-order chi connectivity index (χ1) is 12.2. The molecule has 4 heterocycles. The van der Waals surface area contributed by atoms with E-state index in [4.69, 9.17) is 5.11 Å². The molecule has 4 atom stereocenters. The molecule has 25 heavy (non-hydrogen) atoms. The van der Waals surface area contributed by atoms with Crippen LogP contribution in [0.4, 0.5) is 5.69 Å². The summed E-state index contributed by atoms with van der Waals surface area (Å²) >= 11 is 0. The van der Waals surface area contributed by atoms with E-state index in [1.165, 1.54) is 0 Å². The number of hydrogen-bond donors (Lipinski definition) is 2. The summed E-state index contributed by atoms with van der Waals surface area (Å²) in [5.41, 5.74) is 1.45. The Hall–Kier alpha value is -2.25. The Balaban J connectivity index is 1.38. The van der Waals surface area contributed by atoms with Crippen LogP contribution in [0.25, 0.3) is 0 Å². The number of rotatable bonds is 5. The Kier molecular flexibility index (Phi) is 4.50. The summed E-state index contributed by atoms with van der Waals surface area (Å²) in [6, 6.07) is 10.0. The van der Waals surface area contributed by atoms with E-state index in [-0.39, 0.29) is 18.4 Å². The van der Waals surface area contributed by atoms with Gasteiger partial charge in [-0.25, -0.2) is 0 Å². The molecule has 0 saturated carbocycles. The lowest BCUT2D eigenvalue weighted by Crippen LogP contribution is -2.57. The number of carbonyl (C=O) groups is 1. The summed E-state index contributed by atoms with van der Waals surface area (Å²) in [6.45, 7) is 2.51. The van der Waals surface area contributed by atoms with Crippen molar-refractivity contribution in [1.29, 1.82) is 0 Å². The molecule has 5 rings (SSSR count). The minimum atomic E-state index is -0.0846. The first-order valence-electron chi connectivity index (χ1n) is 8.83. The van der Waals surface area contributed by atoms with Crippen molar-refractivity contribution in [2.75, 3.05) is 18.4 Å². The van der Waals surface area contributed by atoms with Crippen LogP contribution in [0, 0.1) is 11.8 Å². The molecule has 3 aliphatic heterocycles. The number of amides is 1. The third-order valence-electron chi connectivity index (χ3n) is 5.40. The molecule has 7 nitrogen and oxygen atoms in total. The van der Waals surface area contributed by atoms with Crippen molar-refractivity contribution in [3.05, 3.63) is 42.2 Å². The zero-order chi connectivity index (χ0) is 17.2. The van der Waals surface area contributed by atoms with Crippen LogP contribution in [0.1, 0.15) is 18.5 Å². The highest BCUT2D eigenvalue weighted by atomic mass is 16.3. The molecule has 7 heteroatoms. The van der Waals surface area contributed by atoms with Crippen LogP contribution >= 0.6 is 0 Å². The Labute approximate surface area is 146 Å². The van der Waals surface area contributed by atoms with E-state index in [1.807, 2.05) is 30.3 Å².